The van der Waals surface area contributed by atoms with Crippen LogP contribution in [0, 0.1) is 0 Å². The summed E-state index contributed by atoms with van der Waals surface area (Å²) in [7, 11) is 0. The van der Waals surface area contributed by atoms with E-state index < -0.39 is 5.41 Å². The molecule has 1 aliphatic heterocycles. The number of fused-ring (bicyclic) bond motifs is 1. The molecule has 1 aromatic carbocycles. The molecule has 0 saturated carbocycles. The highest BCUT2D eigenvalue weighted by Crippen LogP contribution is 2.34. The lowest BCUT2D eigenvalue weighted by molar-refractivity contribution is 0.169. The first-order valence-corrected chi connectivity index (χ1v) is 6.82. The lowest BCUT2D eigenvalue weighted by Gasteiger charge is -2.21. The number of para-hydroxylation sites is 1. The van der Waals surface area contributed by atoms with Gasteiger partial charge in [0.15, 0.2) is 0 Å². The largest absolute Gasteiger partial charge is 0.464 e. The summed E-state index contributed by atoms with van der Waals surface area (Å²) in [5.41, 5.74) is 7.27. The third kappa shape index (κ3) is 1.80. The Balaban J connectivity index is 1.78. The van der Waals surface area contributed by atoms with Crippen molar-refractivity contribution in [1.29, 1.82) is 0 Å². The van der Waals surface area contributed by atoms with Crippen LogP contribution in [0.15, 0.2) is 39.5 Å². The number of ether oxygens (including phenoxy) is 1. The van der Waals surface area contributed by atoms with Crippen molar-refractivity contribution in [3.8, 4) is 11.4 Å². The maximum Gasteiger partial charge on any atom is 0.236 e. The summed E-state index contributed by atoms with van der Waals surface area (Å²) < 4.78 is 16.4. The lowest BCUT2D eigenvalue weighted by Crippen LogP contribution is -2.42. The highest BCUT2D eigenvalue weighted by atomic mass is 16.5. The number of furan rings is 1. The quantitative estimate of drug-likeness (QED) is 0.775. The Bertz CT molecular complexity index is 794. The summed E-state index contributed by atoms with van der Waals surface area (Å²) in [5, 5.41) is 5.04. The molecule has 0 aliphatic carbocycles. The predicted octanol–water partition coefficient (Wildman–Crippen LogP) is 2.10. The maximum atomic E-state index is 6.09. The average Bonchev–Trinajstić information content (AvgIpc) is 3.19. The number of nitrogens with two attached hydrogens (primary N) is 1. The number of benzene rings is 1. The molecular weight excluding hydrogens is 270 g/mol. The average molecular weight is 285 g/mol. The van der Waals surface area contributed by atoms with Crippen LogP contribution in [0.2, 0.25) is 0 Å². The summed E-state index contributed by atoms with van der Waals surface area (Å²) in [6, 6.07) is 7.60. The second-order valence-electron chi connectivity index (χ2n) is 5.61. The van der Waals surface area contributed by atoms with Crippen molar-refractivity contribution < 1.29 is 13.7 Å². The summed E-state index contributed by atoms with van der Waals surface area (Å²) in [6.07, 6.45) is 1.65. The molecule has 1 saturated heterocycles. The van der Waals surface area contributed by atoms with Gasteiger partial charge in [-0.15, -0.1) is 0 Å². The van der Waals surface area contributed by atoms with Crippen molar-refractivity contribution in [3.05, 3.63) is 36.4 Å². The molecule has 4 rings (SSSR count). The third-order valence-corrected chi connectivity index (χ3v) is 4.15. The Kier molecular flexibility index (Phi) is 2.63. The van der Waals surface area contributed by atoms with Gasteiger partial charge in [0.05, 0.1) is 24.2 Å². The SMILES string of the molecule is CC1(c2nc(-c3coc4ccccc34)no2)COCC1N. The monoisotopic (exact) mass is 285 g/mol. The molecule has 1 aliphatic rings. The van der Waals surface area contributed by atoms with Crippen LogP contribution in [0.25, 0.3) is 22.4 Å². The van der Waals surface area contributed by atoms with Gasteiger partial charge in [-0.3, -0.25) is 0 Å². The van der Waals surface area contributed by atoms with E-state index in [0.29, 0.717) is 24.9 Å². The van der Waals surface area contributed by atoms with Gasteiger partial charge < -0.3 is 19.4 Å². The van der Waals surface area contributed by atoms with Gasteiger partial charge in [-0.25, -0.2) is 0 Å². The van der Waals surface area contributed by atoms with Gasteiger partial charge in [-0.1, -0.05) is 23.4 Å². The molecule has 108 valence electrons. The molecule has 2 unspecified atom stereocenters. The van der Waals surface area contributed by atoms with Crippen molar-refractivity contribution in [3.63, 3.8) is 0 Å². The number of hydrogen-bond acceptors (Lipinski definition) is 6. The number of aromatic nitrogens is 2. The van der Waals surface area contributed by atoms with Crippen LogP contribution in [-0.4, -0.2) is 29.4 Å². The molecule has 3 heterocycles. The normalized spacial score (nSPS) is 25.7. The first kappa shape index (κ1) is 12.6. The van der Waals surface area contributed by atoms with E-state index in [1.54, 1.807) is 6.26 Å². The highest BCUT2D eigenvalue weighted by Gasteiger charge is 2.44. The van der Waals surface area contributed by atoms with Crippen molar-refractivity contribution in [2.45, 2.75) is 18.4 Å². The van der Waals surface area contributed by atoms with E-state index in [1.165, 1.54) is 0 Å². The molecular formula is C15H15N3O3. The fourth-order valence-electron chi connectivity index (χ4n) is 2.63. The molecule has 6 heteroatoms. The summed E-state index contributed by atoms with van der Waals surface area (Å²) in [6.45, 7) is 2.97. The Labute approximate surface area is 120 Å². The fourth-order valence-corrected chi connectivity index (χ4v) is 2.63. The van der Waals surface area contributed by atoms with Crippen LogP contribution < -0.4 is 5.73 Å². The molecule has 1 fully saturated rings. The second kappa shape index (κ2) is 4.41. The van der Waals surface area contributed by atoms with Crippen LogP contribution in [0.4, 0.5) is 0 Å². The lowest BCUT2D eigenvalue weighted by atomic mass is 9.86. The van der Waals surface area contributed by atoms with Gasteiger partial charge in [-0.2, -0.15) is 4.98 Å². The van der Waals surface area contributed by atoms with Gasteiger partial charge in [0.2, 0.25) is 11.7 Å². The Morgan fingerprint density at radius 2 is 2.19 bits per heavy atom. The second-order valence-corrected chi connectivity index (χ2v) is 5.61. The van der Waals surface area contributed by atoms with Gasteiger partial charge >= 0.3 is 0 Å². The van der Waals surface area contributed by atoms with E-state index in [9.17, 15) is 0 Å². The van der Waals surface area contributed by atoms with E-state index in [0.717, 1.165) is 16.5 Å². The molecule has 2 atom stereocenters. The summed E-state index contributed by atoms with van der Waals surface area (Å²) in [4.78, 5) is 4.51. The zero-order chi connectivity index (χ0) is 14.4. The van der Waals surface area contributed by atoms with Crippen LogP contribution in [-0.2, 0) is 10.2 Å². The first-order chi connectivity index (χ1) is 10.2. The third-order valence-electron chi connectivity index (χ3n) is 4.15. The molecule has 0 bridgehead atoms. The molecule has 2 aromatic heterocycles. The standard InChI is InChI=1S/C15H15N3O3/c1-15(8-19-7-12(15)16)14-17-13(18-21-14)10-6-20-11-5-3-2-4-9(10)11/h2-6,12H,7-8,16H2,1H3. The highest BCUT2D eigenvalue weighted by molar-refractivity contribution is 5.91. The first-order valence-electron chi connectivity index (χ1n) is 6.82. The molecule has 21 heavy (non-hydrogen) atoms. The van der Waals surface area contributed by atoms with Crippen molar-refractivity contribution >= 4 is 11.0 Å². The number of nitrogens with zero attached hydrogens (tertiary/aromatic N) is 2. The van der Waals surface area contributed by atoms with E-state index >= 15 is 0 Å². The van der Waals surface area contributed by atoms with E-state index in [1.807, 2.05) is 31.2 Å². The summed E-state index contributed by atoms with van der Waals surface area (Å²) >= 11 is 0. The summed E-state index contributed by atoms with van der Waals surface area (Å²) in [5.74, 6) is 1.02. The molecule has 0 radical (unpaired) electrons. The van der Waals surface area contributed by atoms with E-state index in [4.69, 9.17) is 19.4 Å². The molecule has 6 nitrogen and oxygen atoms in total. The molecule has 3 aromatic rings. The zero-order valence-electron chi connectivity index (χ0n) is 11.6. The van der Waals surface area contributed by atoms with Gasteiger partial charge in [0.1, 0.15) is 11.8 Å². The molecule has 2 N–H and O–H groups in total. The predicted molar refractivity (Wildman–Crippen MR) is 75.7 cm³/mol. The van der Waals surface area contributed by atoms with Gasteiger partial charge in [0, 0.05) is 11.4 Å². The molecule has 0 amide bonds. The minimum absolute atomic E-state index is 0.146. The zero-order valence-corrected chi connectivity index (χ0v) is 11.6. The molecule has 0 spiro atoms. The van der Waals surface area contributed by atoms with Crippen molar-refractivity contribution in [1.82, 2.24) is 10.1 Å². The Morgan fingerprint density at radius 3 is 3.00 bits per heavy atom. The number of hydrogen-bond donors (Lipinski definition) is 1. The van der Waals surface area contributed by atoms with Crippen LogP contribution in [0.5, 0.6) is 0 Å². The van der Waals surface area contributed by atoms with E-state index in [2.05, 4.69) is 10.1 Å². The van der Waals surface area contributed by atoms with Gasteiger partial charge in [-0.05, 0) is 13.0 Å². The van der Waals surface area contributed by atoms with E-state index in [-0.39, 0.29) is 6.04 Å². The Hall–Kier alpha value is -2.18. The van der Waals surface area contributed by atoms with Crippen LogP contribution in [0.3, 0.4) is 0 Å². The smallest absolute Gasteiger partial charge is 0.236 e. The van der Waals surface area contributed by atoms with Crippen LogP contribution >= 0.6 is 0 Å². The Morgan fingerprint density at radius 1 is 1.33 bits per heavy atom. The van der Waals surface area contributed by atoms with Crippen LogP contribution in [0.1, 0.15) is 12.8 Å². The topological polar surface area (TPSA) is 87.3 Å². The maximum absolute atomic E-state index is 6.09. The van der Waals surface area contributed by atoms with Crippen molar-refractivity contribution in [2.75, 3.05) is 13.2 Å². The minimum atomic E-state index is -0.440. The fraction of sp³-hybridized carbons (Fsp3) is 0.333. The van der Waals surface area contributed by atoms with Crippen molar-refractivity contribution in [2.24, 2.45) is 5.73 Å². The minimum Gasteiger partial charge on any atom is -0.464 e. The van der Waals surface area contributed by atoms with Gasteiger partial charge in [0.25, 0.3) is 0 Å². The number of rotatable bonds is 2.